The summed E-state index contributed by atoms with van der Waals surface area (Å²) in [6.45, 7) is 5.90. The Labute approximate surface area is 120 Å². The van der Waals surface area contributed by atoms with Crippen LogP contribution in [-0.2, 0) is 12.0 Å². The van der Waals surface area contributed by atoms with Crippen molar-refractivity contribution in [3.63, 3.8) is 0 Å². The van der Waals surface area contributed by atoms with Crippen molar-refractivity contribution >= 4 is 27.3 Å². The molecule has 0 aliphatic rings. The lowest BCUT2D eigenvalue weighted by Crippen LogP contribution is -2.24. The highest BCUT2D eigenvalue weighted by Crippen LogP contribution is 2.29. The number of rotatable bonds is 3. The van der Waals surface area contributed by atoms with Crippen LogP contribution < -0.4 is 0 Å². The Morgan fingerprint density at radius 2 is 2.11 bits per heavy atom. The molecule has 0 aliphatic carbocycles. The number of hydrogen-bond donors (Lipinski definition) is 1. The first-order valence-electron chi connectivity index (χ1n) is 5.80. The largest absolute Gasteiger partial charge is 0.385 e. The van der Waals surface area contributed by atoms with Crippen molar-refractivity contribution in [1.82, 2.24) is 4.98 Å². The van der Waals surface area contributed by atoms with Gasteiger partial charge in [0.15, 0.2) is 0 Å². The lowest BCUT2D eigenvalue weighted by molar-refractivity contribution is 0.0575. The van der Waals surface area contributed by atoms with Gasteiger partial charge in [0.2, 0.25) is 0 Å². The average molecular weight is 326 g/mol. The van der Waals surface area contributed by atoms with E-state index in [1.54, 1.807) is 11.3 Å². The van der Waals surface area contributed by atoms with Crippen molar-refractivity contribution in [3.8, 4) is 0 Å². The van der Waals surface area contributed by atoms with E-state index in [4.69, 9.17) is 0 Å². The molecule has 0 spiro atoms. The van der Waals surface area contributed by atoms with Crippen LogP contribution in [0.25, 0.3) is 0 Å². The molecule has 4 heteroatoms. The monoisotopic (exact) mass is 325 g/mol. The lowest BCUT2D eigenvalue weighted by Gasteiger charge is -2.22. The third-order valence-corrected chi connectivity index (χ3v) is 4.58. The smallest absolute Gasteiger partial charge is 0.0962 e. The minimum Gasteiger partial charge on any atom is -0.385 e. The van der Waals surface area contributed by atoms with Crippen LogP contribution in [0.4, 0.5) is 0 Å². The predicted molar refractivity (Wildman–Crippen MR) is 79.0 cm³/mol. The molecule has 1 heterocycles. The van der Waals surface area contributed by atoms with Crippen LogP contribution in [0.15, 0.2) is 28.7 Å². The second-order valence-corrected chi connectivity index (χ2v) is 6.91. The zero-order valence-electron chi connectivity index (χ0n) is 10.7. The van der Waals surface area contributed by atoms with Crippen molar-refractivity contribution in [2.75, 3.05) is 0 Å². The normalized spacial score (nSPS) is 14.5. The van der Waals surface area contributed by atoms with E-state index in [-0.39, 0.29) is 0 Å². The summed E-state index contributed by atoms with van der Waals surface area (Å²) in [4.78, 5) is 5.71. The summed E-state index contributed by atoms with van der Waals surface area (Å²) >= 11 is 5.09. The number of aryl methyl sites for hydroxylation is 2. The molecule has 0 amide bonds. The van der Waals surface area contributed by atoms with Crippen molar-refractivity contribution in [3.05, 3.63) is 49.9 Å². The maximum Gasteiger partial charge on any atom is 0.0962 e. The van der Waals surface area contributed by atoms with Crippen LogP contribution in [0, 0.1) is 13.8 Å². The van der Waals surface area contributed by atoms with Crippen LogP contribution in [0.5, 0.6) is 0 Å². The van der Waals surface area contributed by atoms with Crippen molar-refractivity contribution in [2.45, 2.75) is 32.8 Å². The van der Waals surface area contributed by atoms with Gasteiger partial charge in [-0.25, -0.2) is 4.98 Å². The van der Waals surface area contributed by atoms with Gasteiger partial charge in [0.05, 0.1) is 16.3 Å². The molecule has 1 aromatic carbocycles. The molecule has 1 N–H and O–H groups in total. The van der Waals surface area contributed by atoms with Crippen LogP contribution in [0.1, 0.15) is 28.1 Å². The van der Waals surface area contributed by atoms with E-state index in [9.17, 15) is 5.11 Å². The summed E-state index contributed by atoms with van der Waals surface area (Å²) in [7, 11) is 0. The first kappa shape index (κ1) is 13.7. The minimum absolute atomic E-state index is 0.544. The molecule has 0 bridgehead atoms. The molecule has 18 heavy (non-hydrogen) atoms. The molecule has 1 atom stereocenters. The van der Waals surface area contributed by atoms with E-state index in [2.05, 4.69) is 27.8 Å². The summed E-state index contributed by atoms with van der Waals surface area (Å²) in [5.41, 5.74) is 1.07. The fourth-order valence-electron chi connectivity index (χ4n) is 1.83. The highest BCUT2D eigenvalue weighted by molar-refractivity contribution is 9.10. The number of nitrogens with zero attached hydrogens (tertiary/aromatic N) is 1. The third-order valence-electron chi connectivity index (χ3n) is 3.01. The first-order valence-corrected chi connectivity index (χ1v) is 7.41. The highest BCUT2D eigenvalue weighted by Gasteiger charge is 2.25. The Morgan fingerprint density at radius 3 is 2.67 bits per heavy atom. The molecule has 0 radical (unpaired) electrons. The number of aliphatic hydroxyl groups is 1. The van der Waals surface area contributed by atoms with Gasteiger partial charge in [-0.2, -0.15) is 0 Å². The van der Waals surface area contributed by atoms with Crippen molar-refractivity contribution < 1.29 is 5.11 Å². The molecule has 2 aromatic rings. The maximum atomic E-state index is 10.6. The van der Waals surface area contributed by atoms with E-state index >= 15 is 0 Å². The summed E-state index contributed by atoms with van der Waals surface area (Å²) in [6, 6.07) is 7.79. The van der Waals surface area contributed by atoms with Gasteiger partial charge >= 0.3 is 0 Å². The molecular weight excluding hydrogens is 310 g/mol. The number of hydrogen-bond acceptors (Lipinski definition) is 3. The Hall–Kier alpha value is -0.710. The van der Waals surface area contributed by atoms with Crippen LogP contribution in [0.2, 0.25) is 0 Å². The number of halogens is 1. The van der Waals surface area contributed by atoms with Gasteiger partial charge in [0.25, 0.3) is 0 Å². The second kappa shape index (κ2) is 5.11. The first-order chi connectivity index (χ1) is 8.38. The van der Waals surface area contributed by atoms with E-state index in [0.29, 0.717) is 6.42 Å². The molecule has 1 unspecified atom stereocenters. The molecule has 0 saturated heterocycles. The molecule has 0 saturated carbocycles. The van der Waals surface area contributed by atoms with Gasteiger partial charge in [0.1, 0.15) is 0 Å². The van der Waals surface area contributed by atoms with Gasteiger partial charge in [-0.05, 0) is 38.5 Å². The lowest BCUT2D eigenvalue weighted by atomic mass is 9.93. The Balaban J connectivity index is 2.26. The van der Waals surface area contributed by atoms with Gasteiger partial charge in [-0.15, -0.1) is 11.3 Å². The topological polar surface area (TPSA) is 33.1 Å². The van der Waals surface area contributed by atoms with Crippen LogP contribution in [-0.4, -0.2) is 10.1 Å². The molecule has 2 rings (SSSR count). The Bertz CT molecular complexity index is 543. The summed E-state index contributed by atoms with van der Waals surface area (Å²) < 4.78 is 0.978. The summed E-state index contributed by atoms with van der Waals surface area (Å²) in [5.74, 6) is 0. The average Bonchev–Trinajstić information content (AvgIpc) is 2.57. The Morgan fingerprint density at radius 1 is 1.39 bits per heavy atom. The van der Waals surface area contributed by atoms with Crippen molar-refractivity contribution in [1.29, 1.82) is 0 Å². The standard InChI is InChI=1S/C14H16BrNOS/c1-9-10(2)18-13(16-9)8-14(3,17)11-5-4-6-12(15)7-11/h4-7,17H,8H2,1-3H3. The minimum atomic E-state index is -0.888. The maximum absolute atomic E-state index is 10.6. The summed E-state index contributed by atoms with van der Waals surface area (Å²) in [6.07, 6.45) is 0.544. The highest BCUT2D eigenvalue weighted by atomic mass is 79.9. The molecule has 1 aromatic heterocycles. The third kappa shape index (κ3) is 2.99. The number of aromatic nitrogens is 1. The molecule has 0 aliphatic heterocycles. The van der Waals surface area contributed by atoms with Crippen LogP contribution >= 0.6 is 27.3 Å². The van der Waals surface area contributed by atoms with Gasteiger partial charge in [-0.3, -0.25) is 0 Å². The molecule has 0 fully saturated rings. The predicted octanol–water partition coefficient (Wildman–Crippen LogP) is 3.97. The van der Waals surface area contributed by atoms with E-state index < -0.39 is 5.60 Å². The van der Waals surface area contributed by atoms with Crippen molar-refractivity contribution in [2.24, 2.45) is 0 Å². The van der Waals surface area contributed by atoms with Gasteiger partial charge in [0, 0.05) is 15.8 Å². The quantitative estimate of drug-likeness (QED) is 0.926. The molecular formula is C14H16BrNOS. The number of benzene rings is 1. The van der Waals surface area contributed by atoms with Gasteiger partial charge < -0.3 is 5.11 Å². The molecule has 2 nitrogen and oxygen atoms in total. The van der Waals surface area contributed by atoms with E-state index in [1.807, 2.05) is 38.1 Å². The fraction of sp³-hybridized carbons (Fsp3) is 0.357. The van der Waals surface area contributed by atoms with Crippen LogP contribution in [0.3, 0.4) is 0 Å². The second-order valence-electron chi connectivity index (χ2n) is 4.71. The van der Waals surface area contributed by atoms with E-state index in [0.717, 1.165) is 20.7 Å². The summed E-state index contributed by atoms with van der Waals surface area (Å²) in [5, 5.41) is 11.6. The Kier molecular flexibility index (Phi) is 3.90. The van der Waals surface area contributed by atoms with Gasteiger partial charge in [-0.1, -0.05) is 28.1 Å². The van der Waals surface area contributed by atoms with E-state index in [1.165, 1.54) is 4.88 Å². The molecule has 96 valence electrons. The zero-order chi connectivity index (χ0) is 13.3. The zero-order valence-corrected chi connectivity index (χ0v) is 13.1. The number of thiazole rings is 1. The SMILES string of the molecule is Cc1nc(CC(C)(O)c2cccc(Br)c2)sc1C. The fourth-order valence-corrected chi connectivity index (χ4v) is 3.32.